The quantitative estimate of drug-likeness (QED) is 0.169. The predicted molar refractivity (Wildman–Crippen MR) is 142 cm³/mol. The fourth-order valence-corrected chi connectivity index (χ4v) is 4.93. The molecule has 0 fully saturated rings. The number of nitrogens with zero attached hydrogens (tertiary/aromatic N) is 2. The van der Waals surface area contributed by atoms with Gasteiger partial charge in [-0.05, 0) is 56.1 Å². The topological polar surface area (TPSA) is 84.3 Å². The van der Waals surface area contributed by atoms with Gasteiger partial charge in [0.15, 0.2) is 0 Å². The van der Waals surface area contributed by atoms with Gasteiger partial charge in [0.25, 0.3) is 0 Å². The highest BCUT2D eigenvalue weighted by Gasteiger charge is 2.10. The minimum atomic E-state index is -0.623. The van der Waals surface area contributed by atoms with E-state index >= 15 is 0 Å². The molecule has 0 aliphatic heterocycles. The second kappa shape index (κ2) is 13.6. The zero-order valence-corrected chi connectivity index (χ0v) is 22.9. The van der Waals surface area contributed by atoms with Crippen LogP contribution < -0.4 is 20.3 Å². The monoisotopic (exact) mass is 690 g/mol. The number of rotatable bonds is 10. The summed E-state index contributed by atoms with van der Waals surface area (Å²) in [6.45, 7) is 7.93. The molecule has 168 valence electrons. The number of nitrogens with one attached hydrogen (secondary N) is 2. The van der Waals surface area contributed by atoms with Crippen LogP contribution in [-0.2, 0) is 0 Å². The van der Waals surface area contributed by atoms with Gasteiger partial charge in [0.2, 0.25) is 0 Å². The van der Waals surface area contributed by atoms with Gasteiger partial charge in [0.05, 0.1) is 22.5 Å². The molecular formula is C21H18Br4N4O3. The van der Waals surface area contributed by atoms with Gasteiger partial charge >= 0.3 is 6.03 Å². The first kappa shape index (κ1) is 26.3. The predicted octanol–water partition coefficient (Wildman–Crippen LogP) is 6.53. The van der Waals surface area contributed by atoms with Gasteiger partial charge in [-0.1, -0.05) is 57.2 Å². The number of carbonyl (C=O) groups is 1. The van der Waals surface area contributed by atoms with Crippen LogP contribution >= 0.6 is 63.7 Å². The van der Waals surface area contributed by atoms with E-state index in [2.05, 4.69) is 97.9 Å². The summed E-state index contributed by atoms with van der Waals surface area (Å²) in [7, 11) is 0. The third kappa shape index (κ3) is 8.19. The number of halogens is 4. The van der Waals surface area contributed by atoms with Gasteiger partial charge in [0, 0.05) is 19.0 Å². The Morgan fingerprint density at radius 2 is 1.47 bits per heavy atom. The Morgan fingerprint density at radius 1 is 0.875 bits per heavy atom. The highest BCUT2D eigenvalue weighted by atomic mass is 79.9. The van der Waals surface area contributed by atoms with Crippen LogP contribution in [0.5, 0.6) is 11.5 Å². The SMILES string of the molecule is C=CCOc1cc(Br)cc(Br)c1/C=N/NC(=O)NN=Cc1cc(Br)cc(Br)c1OCC=C. The highest BCUT2D eigenvalue weighted by Crippen LogP contribution is 2.32. The molecule has 11 heteroatoms. The lowest BCUT2D eigenvalue weighted by Crippen LogP contribution is -2.28. The number of ether oxygens (including phenoxy) is 2. The number of benzene rings is 2. The lowest BCUT2D eigenvalue weighted by Gasteiger charge is -2.10. The Labute approximate surface area is 219 Å². The molecule has 2 amide bonds. The standard InChI is InChI=1S/C21H18Br4N4O3/c1-3-5-31-19-10-15(23)8-17(24)16(19)12-27-29-21(30)28-26-11-13-7-14(22)9-18(25)20(13)32-6-4-2/h3-4,7-12H,1-2,5-6H2,(H2,28,29,30)/b26-11?,27-12+. The molecule has 2 aromatic carbocycles. The van der Waals surface area contributed by atoms with Gasteiger partial charge in [-0.15, -0.1) is 0 Å². The molecule has 0 saturated carbocycles. The number of urea groups is 1. The Balaban J connectivity index is 2.04. The van der Waals surface area contributed by atoms with Gasteiger partial charge in [-0.25, -0.2) is 15.6 Å². The molecule has 0 saturated heterocycles. The van der Waals surface area contributed by atoms with Crippen LogP contribution in [-0.4, -0.2) is 31.7 Å². The molecule has 32 heavy (non-hydrogen) atoms. The van der Waals surface area contributed by atoms with Crippen molar-refractivity contribution in [2.45, 2.75) is 0 Å². The number of amides is 2. The summed E-state index contributed by atoms with van der Waals surface area (Å²) in [5.74, 6) is 1.15. The first-order valence-corrected chi connectivity index (χ1v) is 12.1. The fourth-order valence-electron chi connectivity index (χ4n) is 2.27. The van der Waals surface area contributed by atoms with E-state index in [-0.39, 0.29) is 0 Å². The molecule has 2 aromatic rings. The van der Waals surface area contributed by atoms with Gasteiger partial charge < -0.3 is 9.47 Å². The maximum atomic E-state index is 12.0. The van der Waals surface area contributed by atoms with Crippen molar-refractivity contribution in [1.82, 2.24) is 10.9 Å². The summed E-state index contributed by atoms with van der Waals surface area (Å²) in [6.07, 6.45) is 6.20. The van der Waals surface area contributed by atoms with E-state index in [0.717, 1.165) is 17.9 Å². The van der Waals surface area contributed by atoms with E-state index in [0.29, 0.717) is 35.8 Å². The van der Waals surface area contributed by atoms with E-state index < -0.39 is 6.03 Å². The second-order valence-corrected chi connectivity index (χ2v) is 9.41. The summed E-state index contributed by atoms with van der Waals surface area (Å²) in [6, 6.07) is 6.66. The molecular weight excluding hydrogens is 676 g/mol. The van der Waals surface area contributed by atoms with E-state index in [1.165, 1.54) is 12.4 Å². The van der Waals surface area contributed by atoms with Crippen LogP contribution in [0.1, 0.15) is 11.1 Å². The molecule has 0 atom stereocenters. The zero-order valence-electron chi connectivity index (χ0n) is 16.6. The molecule has 7 nitrogen and oxygen atoms in total. The number of hydrogen-bond acceptors (Lipinski definition) is 5. The summed E-state index contributed by atoms with van der Waals surface area (Å²) >= 11 is 13.7. The normalized spacial score (nSPS) is 10.9. The molecule has 2 rings (SSSR count). The number of carbonyl (C=O) groups excluding carboxylic acids is 1. The van der Waals surface area contributed by atoms with Crippen molar-refractivity contribution in [2.75, 3.05) is 13.2 Å². The van der Waals surface area contributed by atoms with Crippen molar-refractivity contribution >= 4 is 82.2 Å². The molecule has 2 N–H and O–H groups in total. The van der Waals surface area contributed by atoms with Crippen LogP contribution in [0.3, 0.4) is 0 Å². The summed E-state index contributed by atoms with van der Waals surface area (Å²) < 4.78 is 14.4. The minimum Gasteiger partial charge on any atom is -0.489 e. The van der Waals surface area contributed by atoms with Crippen LogP contribution in [0.2, 0.25) is 0 Å². The second-order valence-electron chi connectivity index (χ2n) is 5.87. The van der Waals surface area contributed by atoms with Gasteiger partial charge in [-0.2, -0.15) is 10.2 Å². The summed E-state index contributed by atoms with van der Waals surface area (Å²) in [4.78, 5) is 12.0. The largest absolute Gasteiger partial charge is 0.489 e. The van der Waals surface area contributed by atoms with E-state index in [9.17, 15) is 4.79 Å². The van der Waals surface area contributed by atoms with Crippen LogP contribution in [0, 0.1) is 0 Å². The Hall–Kier alpha value is -1.95. The van der Waals surface area contributed by atoms with Crippen molar-refractivity contribution in [3.63, 3.8) is 0 Å². The van der Waals surface area contributed by atoms with Crippen LogP contribution in [0.15, 0.2) is 77.7 Å². The highest BCUT2D eigenvalue weighted by molar-refractivity contribution is 9.11. The first-order chi connectivity index (χ1) is 15.3. The third-order valence-corrected chi connectivity index (χ3v) is 5.69. The lowest BCUT2D eigenvalue weighted by molar-refractivity contribution is 0.242. The lowest BCUT2D eigenvalue weighted by atomic mass is 10.2. The molecule has 0 aliphatic carbocycles. The maximum absolute atomic E-state index is 12.0. The van der Waals surface area contributed by atoms with Crippen molar-refractivity contribution in [3.05, 3.63) is 78.6 Å². The van der Waals surface area contributed by atoms with E-state index in [1.807, 2.05) is 12.1 Å². The maximum Gasteiger partial charge on any atom is 0.355 e. The summed E-state index contributed by atoms with van der Waals surface area (Å²) in [5, 5.41) is 7.90. The molecule has 0 unspecified atom stereocenters. The van der Waals surface area contributed by atoms with E-state index in [1.54, 1.807) is 24.3 Å². The Kier molecular flexibility index (Phi) is 11.1. The first-order valence-electron chi connectivity index (χ1n) is 8.93. The van der Waals surface area contributed by atoms with Gasteiger partial charge in [-0.3, -0.25) is 0 Å². The Morgan fingerprint density at radius 3 is 2.16 bits per heavy atom. The third-order valence-electron chi connectivity index (χ3n) is 3.53. The van der Waals surface area contributed by atoms with Crippen LogP contribution in [0.25, 0.3) is 0 Å². The molecule has 0 aromatic heterocycles. The van der Waals surface area contributed by atoms with Crippen molar-refractivity contribution in [2.24, 2.45) is 10.2 Å². The van der Waals surface area contributed by atoms with Gasteiger partial charge in [0.1, 0.15) is 24.7 Å². The molecule has 0 aliphatic rings. The average molecular weight is 694 g/mol. The van der Waals surface area contributed by atoms with Crippen molar-refractivity contribution in [1.29, 1.82) is 0 Å². The number of hydrogen-bond donors (Lipinski definition) is 2. The zero-order chi connectivity index (χ0) is 23.5. The Bertz CT molecular complexity index is 1060. The number of hydrazone groups is 2. The van der Waals surface area contributed by atoms with Crippen molar-refractivity contribution < 1.29 is 14.3 Å². The molecule has 0 spiro atoms. The fraction of sp³-hybridized carbons (Fsp3) is 0.0952. The molecule has 0 heterocycles. The van der Waals surface area contributed by atoms with Crippen molar-refractivity contribution in [3.8, 4) is 11.5 Å². The average Bonchev–Trinajstić information content (AvgIpc) is 2.73. The molecule has 0 bridgehead atoms. The smallest absolute Gasteiger partial charge is 0.355 e. The summed E-state index contributed by atoms with van der Waals surface area (Å²) in [5.41, 5.74) is 6.00. The van der Waals surface area contributed by atoms with E-state index in [4.69, 9.17) is 9.47 Å². The van der Waals surface area contributed by atoms with Crippen LogP contribution in [0.4, 0.5) is 4.79 Å². The minimum absolute atomic E-state index is 0.327. The molecule has 0 radical (unpaired) electrons.